The average Bonchev–Trinajstić information content (AvgIpc) is 2.50. The first-order valence-corrected chi connectivity index (χ1v) is 4.73. The zero-order valence-corrected chi connectivity index (χ0v) is 8.23. The fourth-order valence-electron chi connectivity index (χ4n) is 1.53. The summed E-state index contributed by atoms with van der Waals surface area (Å²) in [6.07, 6.45) is 13.9. The maximum Gasteiger partial charge on any atom is 0.101 e. The smallest absolute Gasteiger partial charge is 0.101 e. The van der Waals surface area contributed by atoms with E-state index in [1.54, 1.807) is 7.11 Å². The van der Waals surface area contributed by atoms with Crippen molar-refractivity contribution in [3.63, 3.8) is 0 Å². The van der Waals surface area contributed by atoms with E-state index < -0.39 is 0 Å². The van der Waals surface area contributed by atoms with Crippen LogP contribution in [0.2, 0.25) is 0 Å². The molecule has 1 aliphatic carbocycles. The molecular weight excluding hydrogens is 174 g/mol. The van der Waals surface area contributed by atoms with E-state index >= 15 is 0 Å². The number of aliphatic imine (C=N–C) groups is 1. The Balaban J connectivity index is 2.32. The first-order chi connectivity index (χ1) is 6.90. The van der Waals surface area contributed by atoms with Crippen molar-refractivity contribution in [1.82, 2.24) is 0 Å². The van der Waals surface area contributed by atoms with Gasteiger partial charge in [0.2, 0.25) is 0 Å². The number of allylic oxidation sites excluding steroid dienone is 7. The summed E-state index contributed by atoms with van der Waals surface area (Å²) in [6, 6.07) is 0. The molecule has 72 valence electrons. The third kappa shape index (κ3) is 1.84. The van der Waals surface area contributed by atoms with Crippen molar-refractivity contribution in [2.75, 3.05) is 7.11 Å². The van der Waals surface area contributed by atoms with Gasteiger partial charge in [-0.25, -0.2) is 0 Å². The van der Waals surface area contributed by atoms with Crippen molar-refractivity contribution in [3.05, 3.63) is 47.9 Å². The van der Waals surface area contributed by atoms with Crippen LogP contribution in [0, 0.1) is 0 Å². The van der Waals surface area contributed by atoms with Gasteiger partial charge in [0.1, 0.15) is 5.76 Å². The summed E-state index contributed by atoms with van der Waals surface area (Å²) in [4.78, 5) is 4.40. The molecule has 0 unspecified atom stereocenters. The molecule has 0 bridgehead atoms. The van der Waals surface area contributed by atoms with Gasteiger partial charge in [-0.05, 0) is 18.1 Å². The van der Waals surface area contributed by atoms with Crippen LogP contribution in [-0.2, 0) is 4.74 Å². The first kappa shape index (κ1) is 9.00. The lowest BCUT2D eigenvalue weighted by Crippen LogP contribution is -2.01. The van der Waals surface area contributed by atoms with Gasteiger partial charge in [-0.3, -0.25) is 4.99 Å². The van der Waals surface area contributed by atoms with E-state index in [9.17, 15) is 0 Å². The number of nitrogens with zero attached hydrogens (tertiary/aromatic N) is 1. The van der Waals surface area contributed by atoms with Crippen molar-refractivity contribution in [1.29, 1.82) is 0 Å². The highest BCUT2D eigenvalue weighted by Gasteiger charge is 2.10. The van der Waals surface area contributed by atoms with Gasteiger partial charge in [-0.1, -0.05) is 24.3 Å². The summed E-state index contributed by atoms with van der Waals surface area (Å²) in [5, 5.41) is 0. The Kier molecular flexibility index (Phi) is 2.63. The normalized spacial score (nSPS) is 19.9. The van der Waals surface area contributed by atoms with Crippen LogP contribution in [0.4, 0.5) is 0 Å². The number of hydrogen-bond donors (Lipinski definition) is 0. The Morgan fingerprint density at radius 3 is 3.21 bits per heavy atom. The van der Waals surface area contributed by atoms with E-state index in [1.807, 2.05) is 18.4 Å². The Labute approximate surface area is 84.0 Å². The minimum Gasteiger partial charge on any atom is -0.501 e. The summed E-state index contributed by atoms with van der Waals surface area (Å²) < 4.78 is 5.24. The Morgan fingerprint density at radius 2 is 2.36 bits per heavy atom. The number of rotatable bonds is 1. The second-order valence-electron chi connectivity index (χ2n) is 3.23. The lowest BCUT2D eigenvalue weighted by Gasteiger charge is -2.06. The lowest BCUT2D eigenvalue weighted by atomic mass is 10.1. The van der Waals surface area contributed by atoms with Gasteiger partial charge in [-0.15, -0.1) is 0 Å². The molecule has 0 saturated carbocycles. The van der Waals surface area contributed by atoms with Gasteiger partial charge in [0.25, 0.3) is 0 Å². The highest BCUT2D eigenvalue weighted by atomic mass is 16.5. The predicted molar refractivity (Wildman–Crippen MR) is 58.1 cm³/mol. The van der Waals surface area contributed by atoms with Crippen LogP contribution in [0.15, 0.2) is 52.9 Å². The van der Waals surface area contributed by atoms with Crippen molar-refractivity contribution in [2.24, 2.45) is 4.99 Å². The van der Waals surface area contributed by atoms with Gasteiger partial charge in [0.15, 0.2) is 0 Å². The van der Waals surface area contributed by atoms with Crippen molar-refractivity contribution in [2.45, 2.75) is 12.8 Å². The molecule has 0 aromatic heterocycles. The summed E-state index contributed by atoms with van der Waals surface area (Å²) >= 11 is 0. The van der Waals surface area contributed by atoms with Crippen LogP contribution in [0.5, 0.6) is 0 Å². The topological polar surface area (TPSA) is 21.6 Å². The predicted octanol–water partition coefficient (Wildman–Crippen LogP) is 2.76. The molecule has 1 heterocycles. The molecule has 0 aromatic carbocycles. The minimum atomic E-state index is 0.777. The summed E-state index contributed by atoms with van der Waals surface area (Å²) in [5.74, 6) is 0.957. The maximum atomic E-state index is 5.24. The second kappa shape index (κ2) is 4.09. The minimum absolute atomic E-state index is 0.777. The van der Waals surface area contributed by atoms with E-state index in [-0.39, 0.29) is 0 Å². The van der Waals surface area contributed by atoms with Crippen LogP contribution in [-0.4, -0.2) is 12.8 Å². The van der Waals surface area contributed by atoms with Crippen molar-refractivity contribution >= 4 is 5.71 Å². The van der Waals surface area contributed by atoms with Crippen LogP contribution >= 0.6 is 0 Å². The van der Waals surface area contributed by atoms with Crippen LogP contribution in [0.1, 0.15) is 12.8 Å². The Bertz CT molecular complexity index is 370. The lowest BCUT2D eigenvalue weighted by molar-refractivity contribution is 0.287. The van der Waals surface area contributed by atoms with Gasteiger partial charge < -0.3 is 4.74 Å². The Morgan fingerprint density at radius 1 is 1.43 bits per heavy atom. The molecule has 0 atom stereocenters. The number of methoxy groups -OCH3 is 1. The maximum absolute atomic E-state index is 5.24. The average molecular weight is 187 g/mol. The molecule has 0 aromatic rings. The zero-order chi connectivity index (χ0) is 9.80. The molecule has 0 amide bonds. The third-order valence-corrected chi connectivity index (χ3v) is 2.30. The molecule has 0 N–H and O–H groups in total. The molecular formula is C12H13NO. The molecule has 2 aliphatic rings. The van der Waals surface area contributed by atoms with E-state index in [1.165, 1.54) is 5.57 Å². The molecule has 14 heavy (non-hydrogen) atoms. The van der Waals surface area contributed by atoms with Gasteiger partial charge in [-0.2, -0.15) is 0 Å². The fraction of sp³-hybridized carbons (Fsp3) is 0.250. The molecule has 2 heteroatoms. The van der Waals surface area contributed by atoms with Gasteiger partial charge in [0, 0.05) is 12.6 Å². The molecule has 2 rings (SSSR count). The summed E-state index contributed by atoms with van der Waals surface area (Å²) in [5.41, 5.74) is 2.29. The van der Waals surface area contributed by atoms with Gasteiger partial charge in [0.05, 0.1) is 12.8 Å². The first-order valence-electron chi connectivity index (χ1n) is 4.73. The van der Waals surface area contributed by atoms with Crippen LogP contribution < -0.4 is 0 Å². The molecule has 0 spiro atoms. The molecule has 0 radical (unpaired) electrons. The SMILES string of the molecule is COC1=CC=CC2=CCC=CN=C2C1. The number of ether oxygens (including phenoxy) is 1. The monoisotopic (exact) mass is 187 g/mol. The van der Waals surface area contributed by atoms with Gasteiger partial charge >= 0.3 is 0 Å². The molecule has 1 aliphatic heterocycles. The summed E-state index contributed by atoms with van der Waals surface area (Å²) in [7, 11) is 1.70. The van der Waals surface area contributed by atoms with E-state index in [0.717, 1.165) is 24.3 Å². The fourth-order valence-corrected chi connectivity index (χ4v) is 1.53. The number of fused-ring (bicyclic) bond motifs is 1. The van der Waals surface area contributed by atoms with Crippen molar-refractivity contribution < 1.29 is 4.74 Å². The zero-order valence-electron chi connectivity index (χ0n) is 8.23. The molecule has 0 saturated heterocycles. The van der Waals surface area contributed by atoms with Crippen LogP contribution in [0.25, 0.3) is 0 Å². The summed E-state index contributed by atoms with van der Waals surface area (Å²) in [6.45, 7) is 0. The van der Waals surface area contributed by atoms with Crippen molar-refractivity contribution in [3.8, 4) is 0 Å². The third-order valence-electron chi connectivity index (χ3n) is 2.30. The standard InChI is InChI=1S/C12H13NO/c1-14-11-7-4-6-10-5-2-3-8-13-12(10)9-11/h3-8H,2,9H2,1H3. The van der Waals surface area contributed by atoms with Crippen LogP contribution in [0.3, 0.4) is 0 Å². The van der Waals surface area contributed by atoms with E-state index in [2.05, 4.69) is 23.2 Å². The Hall–Kier alpha value is -1.57. The molecule has 0 fully saturated rings. The largest absolute Gasteiger partial charge is 0.501 e. The second-order valence-corrected chi connectivity index (χ2v) is 3.23. The van der Waals surface area contributed by atoms with E-state index in [4.69, 9.17) is 4.74 Å². The quantitative estimate of drug-likeness (QED) is 0.618. The highest BCUT2D eigenvalue weighted by Crippen LogP contribution is 2.18. The highest BCUT2D eigenvalue weighted by molar-refractivity contribution is 6.04. The van der Waals surface area contributed by atoms with E-state index in [0.29, 0.717) is 0 Å². The molecule has 2 nitrogen and oxygen atoms in total. The number of hydrogen-bond acceptors (Lipinski definition) is 2.